The largest absolute Gasteiger partial charge is 0.378 e. The van der Waals surface area contributed by atoms with Crippen LogP contribution >= 0.6 is 0 Å². The number of nitrogens with zero attached hydrogens (tertiary/aromatic N) is 7. The van der Waals surface area contributed by atoms with Gasteiger partial charge in [-0.25, -0.2) is 9.97 Å². The zero-order valence-electron chi connectivity index (χ0n) is 36.9. The Morgan fingerprint density at radius 3 is 1.78 bits per heavy atom. The molecule has 0 saturated carbocycles. The number of anilines is 2. The first-order valence-electron chi connectivity index (χ1n) is 22.7. The molecule has 0 atom stereocenters. The third kappa shape index (κ3) is 7.46. The number of aromatic amines is 2. The van der Waals surface area contributed by atoms with Gasteiger partial charge in [0.1, 0.15) is 22.7 Å². The normalized spacial score (nSPS) is 14.7. The maximum atomic E-state index is 14.3. The second-order valence-electron chi connectivity index (χ2n) is 17.4. The van der Waals surface area contributed by atoms with Crippen molar-refractivity contribution < 1.29 is 4.74 Å². The summed E-state index contributed by atoms with van der Waals surface area (Å²) in [6.07, 6.45) is 7.30. The number of H-pyrrole nitrogens is 2. The standard InChI is InChI=1S/C55H45N9O3/c1-62-17-19-63(20-18-62)48-32-58-55-45(52(48)65)30-43(36-12-14-46-38(26-36)11-6-16-56-46)51(61-55)39-10-5-9-35(25-39)41-28-40-27-37(13-15-47(40)57-31-41)42-29-44-53(66)49(64-21-23-67-24-22-64)33-59-54(44)60-50(42)34-7-3-2-4-8-34/h2-16,25-33H,17-24H2,1H3,(H,58,61,65)(H,59,60,66). The van der Waals surface area contributed by atoms with E-state index in [0.717, 1.165) is 104 Å². The number of benzene rings is 4. The van der Waals surface area contributed by atoms with Crippen molar-refractivity contribution in [2.24, 2.45) is 0 Å². The van der Waals surface area contributed by atoms with Gasteiger partial charge in [0.2, 0.25) is 10.9 Å². The molecule has 0 aliphatic carbocycles. The van der Waals surface area contributed by atoms with E-state index in [1.54, 1.807) is 12.4 Å². The summed E-state index contributed by atoms with van der Waals surface area (Å²) in [5.74, 6) is 0. The molecule has 2 saturated heterocycles. The van der Waals surface area contributed by atoms with Gasteiger partial charge in [-0.15, -0.1) is 0 Å². The molecule has 0 amide bonds. The number of pyridine rings is 6. The highest BCUT2D eigenvalue weighted by Crippen LogP contribution is 2.38. The Labute approximate surface area is 385 Å². The molecule has 2 fully saturated rings. The maximum absolute atomic E-state index is 14.3. The lowest BCUT2D eigenvalue weighted by atomic mass is 9.94. The Bertz CT molecular complexity index is 3670. The average molecular weight is 880 g/mol. The van der Waals surface area contributed by atoms with Crippen molar-refractivity contribution >= 4 is 55.2 Å². The second kappa shape index (κ2) is 16.7. The number of ether oxygens (including phenoxy) is 1. The lowest BCUT2D eigenvalue weighted by molar-refractivity contribution is 0.122. The minimum atomic E-state index is -0.0583. The Kier molecular flexibility index (Phi) is 10.1. The van der Waals surface area contributed by atoms with E-state index >= 15 is 0 Å². The second-order valence-corrected chi connectivity index (χ2v) is 17.4. The zero-order valence-corrected chi connectivity index (χ0v) is 36.9. The van der Waals surface area contributed by atoms with Crippen molar-refractivity contribution in [2.45, 2.75) is 0 Å². The summed E-state index contributed by atoms with van der Waals surface area (Å²) in [4.78, 5) is 61.5. The minimum absolute atomic E-state index is 0.0312. The lowest BCUT2D eigenvalue weighted by Gasteiger charge is -2.33. The number of rotatable bonds is 7. The SMILES string of the molecule is CN1CCN(c2c[nH]c3nc(-c4cccc(-c5cnc6ccc(-c7cc8c(=O)c(N9CCOCC9)c[nH]c8nc7-c7ccccc7)cc6c5)c4)c(-c4ccc5ncccc5c4)cc3c2=O)CC1. The molecule has 2 N–H and O–H groups in total. The van der Waals surface area contributed by atoms with Crippen LogP contribution in [-0.4, -0.2) is 94.3 Å². The van der Waals surface area contributed by atoms with Crippen LogP contribution < -0.4 is 20.7 Å². The van der Waals surface area contributed by atoms with Gasteiger partial charge < -0.3 is 29.4 Å². The maximum Gasteiger partial charge on any atom is 0.214 e. The van der Waals surface area contributed by atoms with E-state index in [1.807, 2.05) is 79.1 Å². The van der Waals surface area contributed by atoms with Crippen molar-refractivity contribution in [1.82, 2.24) is 34.8 Å². The quantitative estimate of drug-likeness (QED) is 0.160. The molecule has 4 aromatic carbocycles. The molecule has 8 heterocycles. The van der Waals surface area contributed by atoms with Gasteiger partial charge in [-0.05, 0) is 78.3 Å². The fraction of sp³-hybridized carbons (Fsp3) is 0.164. The summed E-state index contributed by atoms with van der Waals surface area (Å²) in [5, 5.41) is 3.02. The van der Waals surface area contributed by atoms with Crippen LogP contribution in [0.5, 0.6) is 0 Å². The molecule has 0 spiro atoms. The predicted octanol–water partition coefficient (Wildman–Crippen LogP) is 9.18. The van der Waals surface area contributed by atoms with Gasteiger partial charge in [0, 0.05) is 103 Å². The van der Waals surface area contributed by atoms with Crippen molar-refractivity contribution in [3.8, 4) is 55.9 Å². The Balaban J connectivity index is 0.966. The van der Waals surface area contributed by atoms with Crippen LogP contribution in [0.15, 0.2) is 156 Å². The smallest absolute Gasteiger partial charge is 0.214 e. The fourth-order valence-electron chi connectivity index (χ4n) is 9.62. The first-order valence-corrected chi connectivity index (χ1v) is 22.7. The summed E-state index contributed by atoms with van der Waals surface area (Å²) in [7, 11) is 2.11. The zero-order chi connectivity index (χ0) is 45.0. The van der Waals surface area contributed by atoms with E-state index in [1.165, 1.54) is 0 Å². The number of likely N-dealkylation sites (N-methyl/N-ethyl adjacent to an activating group) is 1. The highest BCUT2D eigenvalue weighted by atomic mass is 16.5. The molecule has 6 aromatic heterocycles. The summed E-state index contributed by atoms with van der Waals surface area (Å²) >= 11 is 0. The molecule has 2 aliphatic rings. The van der Waals surface area contributed by atoms with Crippen molar-refractivity contribution in [3.63, 3.8) is 0 Å². The average Bonchev–Trinajstić information content (AvgIpc) is 3.38. The number of piperazine rings is 1. The van der Waals surface area contributed by atoms with Crippen LogP contribution in [0.4, 0.5) is 11.4 Å². The number of fused-ring (bicyclic) bond motifs is 4. The van der Waals surface area contributed by atoms with Crippen LogP contribution in [0, 0.1) is 0 Å². The third-order valence-corrected chi connectivity index (χ3v) is 13.3. The van der Waals surface area contributed by atoms with Gasteiger partial charge in [0.15, 0.2) is 0 Å². The highest BCUT2D eigenvalue weighted by molar-refractivity contribution is 5.97. The van der Waals surface area contributed by atoms with Gasteiger partial charge in [0.25, 0.3) is 0 Å². The Morgan fingerprint density at radius 1 is 0.507 bits per heavy atom. The summed E-state index contributed by atoms with van der Waals surface area (Å²) in [6.45, 7) is 5.82. The molecule has 12 rings (SSSR count). The summed E-state index contributed by atoms with van der Waals surface area (Å²) in [6, 6.07) is 41.0. The third-order valence-electron chi connectivity index (χ3n) is 13.3. The fourth-order valence-corrected chi connectivity index (χ4v) is 9.62. The molecule has 0 bridgehead atoms. The first-order chi connectivity index (χ1) is 32.9. The Hall–Kier alpha value is -8.06. The molecule has 12 nitrogen and oxygen atoms in total. The van der Waals surface area contributed by atoms with Crippen LogP contribution in [0.2, 0.25) is 0 Å². The topological polar surface area (TPSA) is 136 Å². The predicted molar refractivity (Wildman–Crippen MR) is 269 cm³/mol. The molecular weight excluding hydrogens is 835 g/mol. The highest BCUT2D eigenvalue weighted by Gasteiger charge is 2.22. The van der Waals surface area contributed by atoms with E-state index in [9.17, 15) is 9.59 Å². The minimum Gasteiger partial charge on any atom is -0.378 e. The van der Waals surface area contributed by atoms with Crippen LogP contribution in [0.3, 0.4) is 0 Å². The summed E-state index contributed by atoms with van der Waals surface area (Å²) < 4.78 is 5.57. The number of hydrogen-bond acceptors (Lipinski definition) is 10. The van der Waals surface area contributed by atoms with Crippen molar-refractivity contribution in [1.29, 1.82) is 0 Å². The van der Waals surface area contributed by atoms with Gasteiger partial charge in [-0.1, -0.05) is 66.7 Å². The van der Waals surface area contributed by atoms with E-state index in [2.05, 4.69) is 91.3 Å². The van der Waals surface area contributed by atoms with E-state index in [4.69, 9.17) is 19.7 Å². The number of morpholine rings is 1. The molecule has 0 unspecified atom stereocenters. The van der Waals surface area contributed by atoms with E-state index < -0.39 is 0 Å². The van der Waals surface area contributed by atoms with E-state index in [-0.39, 0.29) is 10.9 Å². The van der Waals surface area contributed by atoms with Crippen LogP contribution in [0.25, 0.3) is 99.8 Å². The molecule has 328 valence electrons. The number of hydrogen-bond donors (Lipinski definition) is 2. The van der Waals surface area contributed by atoms with E-state index in [0.29, 0.717) is 59.7 Å². The lowest BCUT2D eigenvalue weighted by Crippen LogP contribution is -2.46. The van der Waals surface area contributed by atoms with Crippen molar-refractivity contribution in [3.05, 3.63) is 167 Å². The monoisotopic (exact) mass is 879 g/mol. The molecule has 2 aliphatic heterocycles. The first kappa shape index (κ1) is 40.4. The van der Waals surface area contributed by atoms with Crippen molar-refractivity contribution in [2.75, 3.05) is 69.3 Å². The number of nitrogens with one attached hydrogen (secondary N) is 2. The van der Waals surface area contributed by atoms with Crippen LogP contribution in [-0.2, 0) is 4.74 Å². The van der Waals surface area contributed by atoms with Gasteiger partial charge in [0.05, 0.1) is 46.4 Å². The molecule has 10 aromatic rings. The number of aromatic nitrogens is 6. The molecular formula is C55H45N9O3. The van der Waals surface area contributed by atoms with Gasteiger partial charge in [-0.2, -0.15) is 0 Å². The molecule has 12 heteroatoms. The van der Waals surface area contributed by atoms with Gasteiger partial charge in [-0.3, -0.25) is 19.6 Å². The van der Waals surface area contributed by atoms with Gasteiger partial charge >= 0.3 is 0 Å². The summed E-state index contributed by atoms with van der Waals surface area (Å²) in [5.41, 5.74) is 12.8. The molecule has 0 radical (unpaired) electrons. The Morgan fingerprint density at radius 2 is 1.09 bits per heavy atom. The molecule has 67 heavy (non-hydrogen) atoms. The van der Waals surface area contributed by atoms with Crippen LogP contribution in [0.1, 0.15) is 0 Å².